The molecule has 1 aromatic heterocycles. The van der Waals surface area contributed by atoms with Gasteiger partial charge in [-0.25, -0.2) is 0 Å². The fourth-order valence-corrected chi connectivity index (χ4v) is 3.17. The van der Waals surface area contributed by atoms with Gasteiger partial charge in [0, 0.05) is 10.9 Å². The normalized spacial score (nSPS) is 24.5. The molecule has 4 heteroatoms. The first-order valence-electron chi connectivity index (χ1n) is 6.07. The lowest BCUT2D eigenvalue weighted by atomic mass is 9.92. The molecular formula is C13H20N2OS. The van der Waals surface area contributed by atoms with Gasteiger partial charge in [0.1, 0.15) is 6.04 Å². The summed E-state index contributed by atoms with van der Waals surface area (Å²) >= 11 is 1.53. The third kappa shape index (κ3) is 3.07. The number of hydrogen-bond donors (Lipinski definition) is 2. The Labute approximate surface area is 106 Å². The summed E-state index contributed by atoms with van der Waals surface area (Å²) < 4.78 is 0. The Morgan fingerprint density at radius 1 is 1.65 bits per heavy atom. The number of nitrogens with two attached hydrogens (primary N) is 1. The zero-order valence-corrected chi connectivity index (χ0v) is 11.2. The second-order valence-electron chi connectivity index (χ2n) is 5.61. The van der Waals surface area contributed by atoms with E-state index in [1.54, 1.807) is 0 Å². The van der Waals surface area contributed by atoms with Gasteiger partial charge in [-0.15, -0.1) is 11.3 Å². The van der Waals surface area contributed by atoms with Crippen molar-refractivity contribution in [3.8, 4) is 0 Å². The van der Waals surface area contributed by atoms with E-state index < -0.39 is 6.04 Å². The zero-order valence-electron chi connectivity index (χ0n) is 10.4. The number of nitrogens with one attached hydrogen (secondary N) is 1. The van der Waals surface area contributed by atoms with Gasteiger partial charge in [0.15, 0.2) is 0 Å². The molecule has 1 saturated carbocycles. The van der Waals surface area contributed by atoms with Crippen molar-refractivity contribution < 1.29 is 4.79 Å². The average molecular weight is 252 g/mol. The number of amides is 1. The Morgan fingerprint density at radius 2 is 2.41 bits per heavy atom. The van der Waals surface area contributed by atoms with E-state index in [2.05, 4.69) is 19.2 Å². The zero-order chi connectivity index (χ0) is 12.5. The minimum atomic E-state index is -0.515. The van der Waals surface area contributed by atoms with Crippen LogP contribution in [0.15, 0.2) is 17.5 Å². The van der Waals surface area contributed by atoms with Gasteiger partial charge in [-0.05, 0) is 36.1 Å². The molecule has 1 aliphatic rings. The van der Waals surface area contributed by atoms with E-state index in [1.807, 2.05) is 17.5 Å². The molecule has 2 atom stereocenters. The third-order valence-corrected chi connectivity index (χ3v) is 4.40. The molecule has 3 N–H and O–H groups in total. The number of rotatable bonds is 3. The molecule has 1 fully saturated rings. The monoisotopic (exact) mass is 252 g/mol. The van der Waals surface area contributed by atoms with E-state index in [0.717, 1.165) is 17.7 Å². The molecule has 0 aliphatic heterocycles. The molecule has 0 bridgehead atoms. The van der Waals surface area contributed by atoms with Gasteiger partial charge >= 0.3 is 0 Å². The maximum absolute atomic E-state index is 12.0. The van der Waals surface area contributed by atoms with Crippen LogP contribution >= 0.6 is 11.3 Å². The highest BCUT2D eigenvalue weighted by atomic mass is 32.1. The first kappa shape index (κ1) is 12.6. The summed E-state index contributed by atoms with van der Waals surface area (Å²) in [5.41, 5.74) is 6.28. The van der Waals surface area contributed by atoms with E-state index in [9.17, 15) is 4.79 Å². The summed E-state index contributed by atoms with van der Waals surface area (Å²) in [4.78, 5) is 12.9. The summed E-state index contributed by atoms with van der Waals surface area (Å²) in [5.74, 6) is -0.0462. The highest BCUT2D eigenvalue weighted by molar-refractivity contribution is 7.10. The van der Waals surface area contributed by atoms with Gasteiger partial charge < -0.3 is 11.1 Å². The molecule has 0 radical (unpaired) electrons. The van der Waals surface area contributed by atoms with Crippen LogP contribution in [-0.4, -0.2) is 11.9 Å². The molecule has 1 amide bonds. The first-order chi connectivity index (χ1) is 7.98. The Bertz CT molecular complexity index is 386. The highest BCUT2D eigenvalue weighted by Gasteiger charge is 2.32. The fourth-order valence-electron chi connectivity index (χ4n) is 2.45. The van der Waals surface area contributed by atoms with Gasteiger partial charge in [0.25, 0.3) is 0 Å². The molecule has 1 aliphatic carbocycles. The van der Waals surface area contributed by atoms with Crippen LogP contribution in [0.1, 0.15) is 44.0 Å². The van der Waals surface area contributed by atoms with Crippen molar-refractivity contribution >= 4 is 17.2 Å². The van der Waals surface area contributed by atoms with Crippen LogP contribution in [0.25, 0.3) is 0 Å². The predicted molar refractivity (Wildman–Crippen MR) is 70.8 cm³/mol. The fraction of sp³-hybridized carbons (Fsp3) is 0.615. The maximum atomic E-state index is 12.0. The van der Waals surface area contributed by atoms with Gasteiger partial charge in [-0.3, -0.25) is 4.79 Å². The van der Waals surface area contributed by atoms with Gasteiger partial charge in [-0.2, -0.15) is 0 Å². The second-order valence-corrected chi connectivity index (χ2v) is 6.58. The molecule has 2 unspecified atom stereocenters. The maximum Gasteiger partial charge on any atom is 0.242 e. The van der Waals surface area contributed by atoms with Crippen molar-refractivity contribution in [1.82, 2.24) is 5.32 Å². The van der Waals surface area contributed by atoms with E-state index in [4.69, 9.17) is 5.73 Å². The molecule has 17 heavy (non-hydrogen) atoms. The molecule has 0 spiro atoms. The van der Waals surface area contributed by atoms with Crippen LogP contribution in [0.3, 0.4) is 0 Å². The largest absolute Gasteiger partial charge is 0.352 e. The average Bonchev–Trinajstić information content (AvgIpc) is 2.86. The smallest absolute Gasteiger partial charge is 0.242 e. The van der Waals surface area contributed by atoms with Gasteiger partial charge in [0.2, 0.25) is 5.91 Å². The summed E-state index contributed by atoms with van der Waals surface area (Å²) in [7, 11) is 0. The lowest BCUT2D eigenvalue weighted by Gasteiger charge is -2.19. The molecule has 0 aromatic carbocycles. The van der Waals surface area contributed by atoms with E-state index in [1.165, 1.54) is 17.8 Å². The second kappa shape index (κ2) is 4.78. The van der Waals surface area contributed by atoms with Crippen molar-refractivity contribution in [2.45, 2.75) is 45.2 Å². The predicted octanol–water partition coefficient (Wildman–Crippen LogP) is 2.44. The summed E-state index contributed by atoms with van der Waals surface area (Å²) in [6.45, 7) is 4.50. The molecule has 1 aromatic rings. The number of thiophene rings is 1. The van der Waals surface area contributed by atoms with E-state index in [0.29, 0.717) is 11.5 Å². The van der Waals surface area contributed by atoms with Crippen LogP contribution in [0, 0.1) is 5.41 Å². The summed E-state index contributed by atoms with van der Waals surface area (Å²) in [6, 6.07) is 3.61. The Hall–Kier alpha value is -0.870. The van der Waals surface area contributed by atoms with Crippen molar-refractivity contribution in [3.63, 3.8) is 0 Å². The quantitative estimate of drug-likeness (QED) is 0.868. The summed E-state index contributed by atoms with van der Waals surface area (Å²) in [6.07, 6.45) is 3.29. The number of carbonyl (C=O) groups excluding carboxylic acids is 1. The van der Waals surface area contributed by atoms with E-state index >= 15 is 0 Å². The standard InChI is InChI=1S/C13H20N2OS/c1-13(2)6-5-9(8-13)15-12(16)11(14)10-4-3-7-17-10/h3-4,7,9,11H,5-6,8,14H2,1-2H3,(H,15,16). The topological polar surface area (TPSA) is 55.1 Å². The van der Waals surface area contributed by atoms with Crippen LogP contribution < -0.4 is 11.1 Å². The lowest BCUT2D eigenvalue weighted by Crippen LogP contribution is -2.39. The SMILES string of the molecule is CC1(C)CCC(NC(=O)C(N)c2cccs2)C1. The summed E-state index contributed by atoms with van der Waals surface area (Å²) in [5, 5.41) is 5.01. The lowest BCUT2D eigenvalue weighted by molar-refractivity contribution is -0.123. The first-order valence-corrected chi connectivity index (χ1v) is 6.95. The van der Waals surface area contributed by atoms with Gasteiger partial charge in [-0.1, -0.05) is 19.9 Å². The molecule has 94 valence electrons. The Kier molecular flexibility index (Phi) is 3.54. The molecular weight excluding hydrogens is 232 g/mol. The van der Waals surface area contributed by atoms with Crippen LogP contribution in [0.2, 0.25) is 0 Å². The number of carbonyl (C=O) groups is 1. The van der Waals surface area contributed by atoms with Gasteiger partial charge in [0.05, 0.1) is 0 Å². The Balaban J connectivity index is 1.90. The molecule has 1 heterocycles. The van der Waals surface area contributed by atoms with Crippen LogP contribution in [-0.2, 0) is 4.79 Å². The van der Waals surface area contributed by atoms with E-state index in [-0.39, 0.29) is 5.91 Å². The van der Waals surface area contributed by atoms with Crippen molar-refractivity contribution in [1.29, 1.82) is 0 Å². The highest BCUT2D eigenvalue weighted by Crippen LogP contribution is 2.37. The molecule has 2 rings (SSSR count). The van der Waals surface area contributed by atoms with Crippen molar-refractivity contribution in [2.24, 2.45) is 11.1 Å². The van der Waals surface area contributed by atoms with Crippen LogP contribution in [0.5, 0.6) is 0 Å². The minimum Gasteiger partial charge on any atom is -0.352 e. The third-order valence-electron chi connectivity index (χ3n) is 3.45. The minimum absolute atomic E-state index is 0.0462. The van der Waals surface area contributed by atoms with Crippen LogP contribution in [0.4, 0.5) is 0 Å². The molecule has 0 saturated heterocycles. The van der Waals surface area contributed by atoms with Crippen molar-refractivity contribution in [3.05, 3.63) is 22.4 Å². The Morgan fingerprint density at radius 3 is 2.94 bits per heavy atom. The number of hydrogen-bond acceptors (Lipinski definition) is 3. The van der Waals surface area contributed by atoms with Crippen molar-refractivity contribution in [2.75, 3.05) is 0 Å². The molecule has 3 nitrogen and oxygen atoms in total.